The number of carboxylic acid groups (broad SMARTS) is 1. The quantitative estimate of drug-likeness (QED) is 0.585. The number of carbonyl (C=O) groups excluding carboxylic acids is 3. The minimum Gasteiger partial charge on any atom is -0.548 e. The van der Waals surface area contributed by atoms with Crippen LogP contribution in [0.5, 0.6) is 0 Å². The Balaban J connectivity index is 1.93. The lowest BCUT2D eigenvalue weighted by Gasteiger charge is -2.24. The summed E-state index contributed by atoms with van der Waals surface area (Å²) in [6.45, 7) is 1.34. The van der Waals surface area contributed by atoms with Crippen molar-refractivity contribution >= 4 is 17.8 Å². The molecule has 1 heterocycles. The molecular weight excluding hydrogens is 222 g/mol. The number of hydrogen-bond donors (Lipinski definition) is 0. The topological polar surface area (TPSA) is 77.5 Å². The molecule has 0 N–H and O–H groups in total. The van der Waals surface area contributed by atoms with Crippen molar-refractivity contribution in [3.8, 4) is 0 Å². The fraction of sp³-hybridized carbons (Fsp3) is 0.750. The molecule has 2 aliphatic carbocycles. The molecule has 3 fully saturated rings. The number of imide groups is 1. The van der Waals surface area contributed by atoms with Crippen molar-refractivity contribution in [1.29, 1.82) is 0 Å². The van der Waals surface area contributed by atoms with E-state index in [0.717, 1.165) is 24.2 Å². The van der Waals surface area contributed by atoms with Crippen molar-refractivity contribution < 1.29 is 19.5 Å². The van der Waals surface area contributed by atoms with Crippen LogP contribution in [0.3, 0.4) is 0 Å². The van der Waals surface area contributed by atoms with E-state index < -0.39 is 12.0 Å². The van der Waals surface area contributed by atoms with Gasteiger partial charge in [0.15, 0.2) is 0 Å². The van der Waals surface area contributed by atoms with Gasteiger partial charge in [-0.1, -0.05) is 0 Å². The highest BCUT2D eigenvalue weighted by Crippen LogP contribution is 2.56. The van der Waals surface area contributed by atoms with Gasteiger partial charge in [0.2, 0.25) is 11.8 Å². The lowest BCUT2D eigenvalue weighted by molar-refractivity contribution is -0.310. The third kappa shape index (κ3) is 1.22. The second-order valence-electron chi connectivity index (χ2n) is 5.43. The molecule has 92 valence electrons. The Kier molecular flexibility index (Phi) is 2.09. The molecule has 1 aliphatic heterocycles. The molecule has 3 aliphatic rings. The summed E-state index contributed by atoms with van der Waals surface area (Å²) in [5.74, 6) is -1.85. The minimum atomic E-state index is -1.36. The van der Waals surface area contributed by atoms with Crippen LogP contribution in [0.4, 0.5) is 0 Å². The highest BCUT2D eigenvalue weighted by molar-refractivity contribution is 6.08. The predicted octanol–water partition coefficient (Wildman–Crippen LogP) is -0.844. The molecular formula is C12H14NO4-. The van der Waals surface area contributed by atoms with Gasteiger partial charge in [-0.2, -0.15) is 0 Å². The Morgan fingerprint density at radius 2 is 1.71 bits per heavy atom. The van der Waals surface area contributed by atoms with Gasteiger partial charge in [-0.15, -0.1) is 0 Å². The number of fused-ring (bicyclic) bond motifs is 5. The number of carbonyl (C=O) groups is 3. The molecule has 2 bridgehead atoms. The van der Waals surface area contributed by atoms with E-state index in [1.165, 1.54) is 6.92 Å². The molecule has 5 heteroatoms. The van der Waals surface area contributed by atoms with E-state index in [-0.39, 0.29) is 23.7 Å². The predicted molar refractivity (Wildman–Crippen MR) is 54.1 cm³/mol. The third-order valence-electron chi connectivity index (χ3n) is 4.69. The molecule has 17 heavy (non-hydrogen) atoms. The lowest BCUT2D eigenvalue weighted by Crippen LogP contribution is -2.49. The van der Waals surface area contributed by atoms with Crippen LogP contribution in [0, 0.1) is 23.7 Å². The summed E-state index contributed by atoms with van der Waals surface area (Å²) in [6.07, 6.45) is 2.96. The summed E-state index contributed by atoms with van der Waals surface area (Å²) < 4.78 is 0. The van der Waals surface area contributed by atoms with Crippen molar-refractivity contribution in [2.45, 2.75) is 32.2 Å². The summed E-state index contributed by atoms with van der Waals surface area (Å²) in [5, 5.41) is 10.8. The van der Waals surface area contributed by atoms with Crippen LogP contribution in [0.25, 0.3) is 0 Å². The Hall–Kier alpha value is -1.39. The van der Waals surface area contributed by atoms with E-state index >= 15 is 0 Å². The number of nitrogens with zero attached hydrogens (tertiary/aromatic N) is 1. The Morgan fingerprint density at radius 1 is 1.24 bits per heavy atom. The zero-order valence-electron chi connectivity index (χ0n) is 9.59. The number of carboxylic acids is 1. The molecule has 3 rings (SSSR count). The van der Waals surface area contributed by atoms with Crippen LogP contribution in [0.15, 0.2) is 0 Å². The number of rotatable bonds is 2. The first-order valence-corrected chi connectivity index (χ1v) is 6.10. The van der Waals surface area contributed by atoms with Gasteiger partial charge in [-0.25, -0.2) is 0 Å². The summed E-state index contributed by atoms with van der Waals surface area (Å²) in [5.41, 5.74) is 0. The maximum absolute atomic E-state index is 12.1. The first-order valence-electron chi connectivity index (χ1n) is 6.10. The van der Waals surface area contributed by atoms with E-state index in [0.29, 0.717) is 11.8 Å². The van der Waals surface area contributed by atoms with Crippen molar-refractivity contribution in [1.82, 2.24) is 4.90 Å². The third-order valence-corrected chi connectivity index (χ3v) is 4.69. The SMILES string of the molecule is C[C@H](C(=O)[O-])N1C(=O)[C@H]2[C@@H]3CC[C@@H](C3)[C@@H]2C1=O. The largest absolute Gasteiger partial charge is 0.548 e. The van der Waals surface area contributed by atoms with Crippen molar-refractivity contribution in [3.05, 3.63) is 0 Å². The summed E-state index contributed by atoms with van der Waals surface area (Å²) in [6, 6.07) is -1.14. The van der Waals surface area contributed by atoms with Crippen LogP contribution in [-0.4, -0.2) is 28.7 Å². The number of hydrogen-bond acceptors (Lipinski definition) is 4. The fourth-order valence-electron chi connectivity index (χ4n) is 3.92. The zero-order chi connectivity index (χ0) is 12.3. The van der Waals surface area contributed by atoms with Gasteiger partial charge in [-0.3, -0.25) is 14.5 Å². The number of aliphatic carboxylic acids is 1. The van der Waals surface area contributed by atoms with Crippen LogP contribution in [-0.2, 0) is 14.4 Å². The van der Waals surface area contributed by atoms with Gasteiger partial charge in [-0.05, 0) is 38.0 Å². The number of likely N-dealkylation sites (tertiary alicyclic amines) is 1. The minimum absolute atomic E-state index is 0.247. The first kappa shape index (κ1) is 10.7. The van der Waals surface area contributed by atoms with E-state index in [9.17, 15) is 19.5 Å². The lowest BCUT2D eigenvalue weighted by atomic mass is 9.81. The Labute approximate surface area is 98.8 Å². The molecule has 2 saturated carbocycles. The smallest absolute Gasteiger partial charge is 0.233 e. The fourth-order valence-corrected chi connectivity index (χ4v) is 3.92. The zero-order valence-corrected chi connectivity index (χ0v) is 9.59. The molecule has 0 unspecified atom stereocenters. The van der Waals surface area contributed by atoms with E-state index in [4.69, 9.17) is 0 Å². The molecule has 2 amide bonds. The monoisotopic (exact) mass is 236 g/mol. The summed E-state index contributed by atoms with van der Waals surface area (Å²) in [7, 11) is 0. The van der Waals surface area contributed by atoms with Crippen LogP contribution in [0.1, 0.15) is 26.2 Å². The van der Waals surface area contributed by atoms with E-state index in [1.807, 2.05) is 0 Å². The van der Waals surface area contributed by atoms with Crippen molar-refractivity contribution in [2.75, 3.05) is 0 Å². The summed E-state index contributed by atoms with van der Waals surface area (Å²) >= 11 is 0. The van der Waals surface area contributed by atoms with Crippen LogP contribution in [0.2, 0.25) is 0 Å². The Morgan fingerprint density at radius 3 is 2.12 bits per heavy atom. The summed E-state index contributed by atoms with van der Waals surface area (Å²) in [4.78, 5) is 36.0. The second kappa shape index (κ2) is 3.31. The molecule has 5 nitrogen and oxygen atoms in total. The first-order chi connectivity index (χ1) is 8.02. The molecule has 0 radical (unpaired) electrons. The van der Waals surface area contributed by atoms with Gasteiger partial charge >= 0.3 is 0 Å². The highest BCUT2D eigenvalue weighted by Gasteiger charge is 2.61. The van der Waals surface area contributed by atoms with Crippen LogP contribution >= 0.6 is 0 Å². The molecule has 0 aromatic heterocycles. The highest BCUT2D eigenvalue weighted by atomic mass is 16.4. The molecule has 0 aromatic rings. The standard InChI is InChI=1S/C12H15NO4/c1-5(12(16)17)13-10(14)8-6-2-3-7(4-6)9(8)11(13)15/h5-9H,2-4H2,1H3,(H,16,17)/p-1/t5-,6-,7+,8+,9+/m1/s1. The average molecular weight is 236 g/mol. The maximum atomic E-state index is 12.1. The second-order valence-corrected chi connectivity index (χ2v) is 5.43. The van der Waals surface area contributed by atoms with E-state index in [2.05, 4.69) is 0 Å². The maximum Gasteiger partial charge on any atom is 0.233 e. The normalized spacial score (nSPS) is 40.9. The molecule has 1 saturated heterocycles. The van der Waals surface area contributed by atoms with Crippen molar-refractivity contribution in [3.63, 3.8) is 0 Å². The van der Waals surface area contributed by atoms with Gasteiger partial charge in [0.1, 0.15) is 0 Å². The number of amides is 2. The van der Waals surface area contributed by atoms with E-state index in [1.54, 1.807) is 0 Å². The van der Waals surface area contributed by atoms with Crippen LogP contribution < -0.4 is 5.11 Å². The van der Waals surface area contributed by atoms with Gasteiger partial charge in [0.05, 0.1) is 23.8 Å². The van der Waals surface area contributed by atoms with Gasteiger partial charge < -0.3 is 9.90 Å². The Bertz CT molecular complexity index is 391. The van der Waals surface area contributed by atoms with Gasteiger partial charge in [0, 0.05) is 0 Å². The van der Waals surface area contributed by atoms with Gasteiger partial charge in [0.25, 0.3) is 0 Å². The van der Waals surface area contributed by atoms with Crippen molar-refractivity contribution in [2.24, 2.45) is 23.7 Å². The molecule has 0 spiro atoms. The molecule has 5 atom stereocenters. The average Bonchev–Trinajstić information content (AvgIpc) is 2.92. The molecule has 0 aromatic carbocycles.